The highest BCUT2D eigenvalue weighted by molar-refractivity contribution is 6.07. The lowest BCUT2D eigenvalue weighted by molar-refractivity contribution is -0.131. The van der Waals surface area contributed by atoms with Crippen molar-refractivity contribution in [3.63, 3.8) is 0 Å². The molecule has 0 spiro atoms. The second kappa shape index (κ2) is 6.32. The molecule has 3 rings (SSSR count). The van der Waals surface area contributed by atoms with Gasteiger partial charge >= 0.3 is 6.03 Å². The summed E-state index contributed by atoms with van der Waals surface area (Å²) < 4.78 is 0. The summed E-state index contributed by atoms with van der Waals surface area (Å²) in [6, 6.07) is 7.66. The number of nitrogens with zero attached hydrogens (tertiary/aromatic N) is 1. The van der Waals surface area contributed by atoms with Crippen molar-refractivity contribution in [2.45, 2.75) is 38.6 Å². The van der Waals surface area contributed by atoms with Crippen LogP contribution in [0.3, 0.4) is 0 Å². The Hall–Kier alpha value is -1.88. The summed E-state index contributed by atoms with van der Waals surface area (Å²) in [5.74, 6) is 0.209. The van der Waals surface area contributed by atoms with Crippen LogP contribution in [0.4, 0.5) is 4.79 Å². The van der Waals surface area contributed by atoms with Crippen LogP contribution in [0.15, 0.2) is 24.3 Å². The monoisotopic (exact) mass is 315 g/mol. The van der Waals surface area contributed by atoms with E-state index in [-0.39, 0.29) is 11.9 Å². The molecule has 23 heavy (non-hydrogen) atoms. The van der Waals surface area contributed by atoms with Crippen molar-refractivity contribution in [3.05, 3.63) is 35.4 Å². The Bertz CT molecular complexity index is 593. The van der Waals surface area contributed by atoms with E-state index in [1.54, 1.807) is 6.92 Å². The number of imide groups is 1. The number of benzene rings is 1. The summed E-state index contributed by atoms with van der Waals surface area (Å²) in [5, 5.41) is 6.22. The number of piperidine rings is 1. The van der Waals surface area contributed by atoms with Gasteiger partial charge in [-0.05, 0) is 56.3 Å². The lowest BCUT2D eigenvalue weighted by Gasteiger charge is -2.27. The lowest BCUT2D eigenvalue weighted by atomic mass is 9.90. The number of hydrogen-bond acceptors (Lipinski definition) is 3. The van der Waals surface area contributed by atoms with E-state index in [0.29, 0.717) is 12.5 Å². The van der Waals surface area contributed by atoms with Crippen LogP contribution in [-0.4, -0.2) is 36.5 Å². The van der Waals surface area contributed by atoms with Gasteiger partial charge in [-0.2, -0.15) is 0 Å². The molecule has 2 aliphatic heterocycles. The number of rotatable bonds is 4. The molecule has 2 unspecified atom stereocenters. The van der Waals surface area contributed by atoms with Gasteiger partial charge in [-0.15, -0.1) is 0 Å². The molecule has 2 N–H and O–H groups in total. The van der Waals surface area contributed by atoms with Crippen LogP contribution in [0, 0.1) is 5.92 Å². The molecule has 5 heteroatoms. The van der Waals surface area contributed by atoms with Gasteiger partial charge in [0.05, 0.1) is 0 Å². The van der Waals surface area contributed by atoms with Crippen molar-refractivity contribution in [2.24, 2.45) is 5.92 Å². The summed E-state index contributed by atoms with van der Waals surface area (Å²) in [5.41, 5.74) is 1.11. The van der Waals surface area contributed by atoms with Crippen molar-refractivity contribution in [1.82, 2.24) is 15.5 Å². The van der Waals surface area contributed by atoms with Crippen LogP contribution in [-0.2, 0) is 16.8 Å². The highest BCUT2D eigenvalue weighted by atomic mass is 16.2. The summed E-state index contributed by atoms with van der Waals surface area (Å²) in [6.45, 7) is 6.30. The van der Waals surface area contributed by atoms with E-state index < -0.39 is 5.54 Å². The van der Waals surface area contributed by atoms with Gasteiger partial charge in [0.2, 0.25) is 0 Å². The predicted octanol–water partition coefficient (Wildman–Crippen LogP) is 2.02. The molecule has 3 amide bonds. The van der Waals surface area contributed by atoms with Crippen molar-refractivity contribution < 1.29 is 9.59 Å². The average Bonchev–Trinajstić information content (AvgIpc) is 2.80. The van der Waals surface area contributed by atoms with Gasteiger partial charge in [0.25, 0.3) is 5.91 Å². The first-order valence-electron chi connectivity index (χ1n) is 8.49. The quantitative estimate of drug-likeness (QED) is 0.836. The Kier molecular flexibility index (Phi) is 4.39. The van der Waals surface area contributed by atoms with E-state index in [1.165, 1.54) is 10.5 Å². The molecule has 2 saturated heterocycles. The molecule has 1 aromatic carbocycles. The van der Waals surface area contributed by atoms with Gasteiger partial charge in [0, 0.05) is 6.54 Å². The van der Waals surface area contributed by atoms with Crippen molar-refractivity contribution in [3.8, 4) is 0 Å². The van der Waals surface area contributed by atoms with Gasteiger partial charge in [0.15, 0.2) is 0 Å². The van der Waals surface area contributed by atoms with Gasteiger partial charge in [-0.25, -0.2) is 4.79 Å². The third-order valence-electron chi connectivity index (χ3n) is 5.05. The lowest BCUT2D eigenvalue weighted by Crippen LogP contribution is -2.43. The molecule has 2 atom stereocenters. The van der Waals surface area contributed by atoms with Crippen LogP contribution in [0.25, 0.3) is 0 Å². The third kappa shape index (κ3) is 2.98. The molecular weight excluding hydrogens is 290 g/mol. The van der Waals surface area contributed by atoms with Gasteiger partial charge in [0.1, 0.15) is 5.54 Å². The first kappa shape index (κ1) is 16.0. The molecule has 2 aliphatic rings. The normalized spacial score (nSPS) is 28.1. The smallest absolute Gasteiger partial charge is 0.319 e. The number of hydrogen-bond donors (Lipinski definition) is 2. The molecular formula is C18H25N3O2. The maximum Gasteiger partial charge on any atom is 0.325 e. The second-order valence-electron chi connectivity index (χ2n) is 6.73. The van der Waals surface area contributed by atoms with Crippen LogP contribution in [0.2, 0.25) is 0 Å². The van der Waals surface area contributed by atoms with Crippen LogP contribution >= 0.6 is 0 Å². The Balaban J connectivity index is 1.78. The van der Waals surface area contributed by atoms with E-state index in [1.807, 2.05) is 24.3 Å². The fraction of sp³-hybridized carbons (Fsp3) is 0.556. The summed E-state index contributed by atoms with van der Waals surface area (Å²) in [4.78, 5) is 26.6. The molecule has 2 heterocycles. The first-order chi connectivity index (χ1) is 11.0. The molecule has 0 bridgehead atoms. The summed E-state index contributed by atoms with van der Waals surface area (Å²) >= 11 is 0. The number of carbonyl (C=O) groups is 2. The van der Waals surface area contributed by atoms with E-state index >= 15 is 0 Å². The largest absolute Gasteiger partial charge is 0.325 e. The van der Waals surface area contributed by atoms with Crippen LogP contribution < -0.4 is 10.6 Å². The Morgan fingerprint density at radius 1 is 1.26 bits per heavy atom. The number of urea groups is 1. The summed E-state index contributed by atoms with van der Waals surface area (Å²) in [6.07, 6.45) is 3.12. The highest BCUT2D eigenvalue weighted by Crippen LogP contribution is 2.30. The van der Waals surface area contributed by atoms with Gasteiger partial charge in [-0.3, -0.25) is 9.69 Å². The zero-order chi connectivity index (χ0) is 16.4. The van der Waals surface area contributed by atoms with Crippen LogP contribution in [0.1, 0.15) is 37.8 Å². The minimum Gasteiger partial charge on any atom is -0.319 e. The number of carbonyl (C=O) groups excluding carboxylic acids is 2. The molecule has 5 nitrogen and oxygen atoms in total. The average molecular weight is 315 g/mol. The number of aryl methyl sites for hydroxylation is 1. The second-order valence-corrected chi connectivity index (χ2v) is 6.73. The SMILES string of the molecule is CCc1ccc(C2(C)NC(=O)N(CC3CCCNC3)C2=O)cc1. The highest BCUT2D eigenvalue weighted by Gasteiger charge is 2.49. The minimum absolute atomic E-state index is 0.141. The fourth-order valence-corrected chi connectivity index (χ4v) is 3.47. The maximum absolute atomic E-state index is 12.9. The fourth-order valence-electron chi connectivity index (χ4n) is 3.47. The van der Waals surface area contributed by atoms with Crippen molar-refractivity contribution in [2.75, 3.05) is 19.6 Å². The van der Waals surface area contributed by atoms with Crippen molar-refractivity contribution in [1.29, 1.82) is 0 Å². The molecule has 0 radical (unpaired) electrons. The Morgan fingerprint density at radius 3 is 2.61 bits per heavy atom. The minimum atomic E-state index is -0.953. The molecule has 0 aromatic heterocycles. The van der Waals surface area contributed by atoms with Gasteiger partial charge in [-0.1, -0.05) is 31.2 Å². The topological polar surface area (TPSA) is 61.4 Å². The first-order valence-corrected chi connectivity index (χ1v) is 8.49. The molecule has 2 fully saturated rings. The van der Waals surface area contributed by atoms with Crippen LogP contribution in [0.5, 0.6) is 0 Å². The summed E-state index contributed by atoms with van der Waals surface area (Å²) in [7, 11) is 0. The van der Waals surface area contributed by atoms with E-state index in [2.05, 4.69) is 17.6 Å². The maximum atomic E-state index is 12.9. The molecule has 1 aromatic rings. The van der Waals surface area contributed by atoms with E-state index in [9.17, 15) is 9.59 Å². The molecule has 124 valence electrons. The predicted molar refractivity (Wildman–Crippen MR) is 89.0 cm³/mol. The van der Waals surface area contributed by atoms with Gasteiger partial charge < -0.3 is 10.6 Å². The number of amides is 3. The zero-order valence-corrected chi connectivity index (χ0v) is 13.9. The molecule has 0 aliphatic carbocycles. The number of nitrogens with one attached hydrogen (secondary N) is 2. The zero-order valence-electron chi connectivity index (χ0n) is 13.9. The Labute approximate surface area is 137 Å². The van der Waals surface area contributed by atoms with E-state index in [0.717, 1.165) is 37.9 Å². The standard InChI is InChI=1S/C18H25N3O2/c1-3-13-6-8-15(9-7-13)18(2)16(22)21(17(23)20-18)12-14-5-4-10-19-11-14/h6-9,14,19H,3-5,10-12H2,1-2H3,(H,20,23). The molecule has 0 saturated carbocycles. The Morgan fingerprint density at radius 2 is 2.00 bits per heavy atom. The van der Waals surface area contributed by atoms with Crippen molar-refractivity contribution >= 4 is 11.9 Å². The third-order valence-corrected chi connectivity index (χ3v) is 5.05. The van der Waals surface area contributed by atoms with E-state index in [4.69, 9.17) is 0 Å².